The lowest BCUT2D eigenvalue weighted by atomic mass is 10.3. The number of nitrogens with one attached hydrogen (secondary N) is 1. The maximum Gasteiger partial charge on any atom is 0.275 e. The van der Waals surface area contributed by atoms with Crippen molar-refractivity contribution in [2.24, 2.45) is 5.73 Å². The topological polar surface area (TPSA) is 85.1 Å². The predicted molar refractivity (Wildman–Crippen MR) is 98.6 cm³/mol. The van der Waals surface area contributed by atoms with Gasteiger partial charge in [0, 0.05) is 4.90 Å². The number of carbonyl (C=O) groups is 2. The zero-order valence-electron chi connectivity index (χ0n) is 11.8. The molecule has 0 fully saturated rings. The van der Waals surface area contributed by atoms with Crippen LogP contribution in [0.2, 0.25) is 20.2 Å². The average Bonchev–Trinajstić information content (AvgIpc) is 2.55. The van der Waals surface area contributed by atoms with Crippen molar-refractivity contribution >= 4 is 75.7 Å². The Morgan fingerprint density at radius 1 is 1.08 bits per heavy atom. The Hall–Kier alpha value is -1.18. The van der Waals surface area contributed by atoms with E-state index in [1.165, 1.54) is 11.8 Å². The van der Waals surface area contributed by atoms with Crippen molar-refractivity contribution in [1.82, 2.24) is 4.98 Å². The Morgan fingerprint density at radius 2 is 1.75 bits per heavy atom. The van der Waals surface area contributed by atoms with Crippen molar-refractivity contribution in [3.8, 4) is 0 Å². The van der Waals surface area contributed by atoms with Crippen LogP contribution >= 0.6 is 58.2 Å². The van der Waals surface area contributed by atoms with E-state index in [-0.39, 0.29) is 31.7 Å². The number of hydrogen-bond donors (Lipinski definition) is 2. The number of para-hydroxylation sites is 1. The van der Waals surface area contributed by atoms with Crippen LogP contribution in [0.5, 0.6) is 0 Å². The van der Waals surface area contributed by atoms with E-state index in [9.17, 15) is 9.59 Å². The summed E-state index contributed by atoms with van der Waals surface area (Å²) >= 11 is 24.8. The maximum atomic E-state index is 12.4. The van der Waals surface area contributed by atoms with Gasteiger partial charge in [-0.2, -0.15) is 0 Å². The molecule has 1 aromatic heterocycles. The van der Waals surface area contributed by atoms with E-state index in [4.69, 9.17) is 52.1 Å². The quantitative estimate of drug-likeness (QED) is 0.545. The molecular formula is C14H9Cl4N3O2S. The second-order valence-electron chi connectivity index (χ2n) is 4.40. The van der Waals surface area contributed by atoms with Gasteiger partial charge in [0.25, 0.3) is 5.91 Å². The van der Waals surface area contributed by atoms with Gasteiger partial charge in [-0.05, 0) is 12.1 Å². The lowest BCUT2D eigenvalue weighted by molar-refractivity contribution is -0.115. The molecule has 0 aliphatic heterocycles. The van der Waals surface area contributed by atoms with Crippen molar-refractivity contribution in [3.63, 3.8) is 0 Å². The number of anilines is 1. The number of aromatic nitrogens is 1. The molecule has 0 radical (unpaired) electrons. The molecule has 0 aliphatic carbocycles. The summed E-state index contributed by atoms with van der Waals surface area (Å²) in [6.45, 7) is 0. The maximum absolute atomic E-state index is 12.4. The number of nitrogens with two attached hydrogens (primary N) is 1. The van der Waals surface area contributed by atoms with E-state index >= 15 is 0 Å². The molecule has 2 aromatic rings. The lowest BCUT2D eigenvalue weighted by Gasteiger charge is -2.11. The number of thioether (sulfide) groups is 1. The number of hydrogen-bond acceptors (Lipinski definition) is 4. The molecule has 2 rings (SSSR count). The number of rotatable bonds is 5. The van der Waals surface area contributed by atoms with Gasteiger partial charge in [0.1, 0.15) is 10.8 Å². The third kappa shape index (κ3) is 4.46. The summed E-state index contributed by atoms with van der Waals surface area (Å²) in [5.41, 5.74) is 5.44. The normalized spacial score (nSPS) is 10.5. The van der Waals surface area contributed by atoms with Crippen LogP contribution in [0.25, 0.3) is 0 Å². The Kier molecular flexibility index (Phi) is 6.60. The molecule has 0 spiro atoms. The molecule has 1 heterocycles. The molecule has 1 aromatic carbocycles. The van der Waals surface area contributed by atoms with Crippen molar-refractivity contribution in [3.05, 3.63) is 50.2 Å². The number of amides is 2. The zero-order chi connectivity index (χ0) is 17.9. The minimum absolute atomic E-state index is 0.0303. The summed E-state index contributed by atoms with van der Waals surface area (Å²) in [5, 5.41) is 2.32. The van der Waals surface area contributed by atoms with Crippen LogP contribution in [-0.4, -0.2) is 22.6 Å². The van der Waals surface area contributed by atoms with E-state index in [1.54, 1.807) is 24.3 Å². The predicted octanol–water partition coefficient (Wildman–Crippen LogP) is 4.52. The van der Waals surface area contributed by atoms with Gasteiger partial charge in [0.05, 0.1) is 26.5 Å². The molecule has 126 valence electrons. The first-order valence-corrected chi connectivity index (χ1v) is 8.82. The summed E-state index contributed by atoms with van der Waals surface area (Å²) in [4.78, 5) is 27.9. The second kappa shape index (κ2) is 8.27. The number of nitrogens with zero attached hydrogens (tertiary/aromatic N) is 1. The molecule has 5 nitrogen and oxygen atoms in total. The minimum atomic E-state index is -0.618. The first kappa shape index (κ1) is 19.1. The summed E-state index contributed by atoms with van der Waals surface area (Å²) < 4.78 is 0. The highest BCUT2D eigenvalue weighted by atomic mass is 35.5. The van der Waals surface area contributed by atoms with Crippen LogP contribution < -0.4 is 11.1 Å². The van der Waals surface area contributed by atoms with Crippen LogP contribution in [0.15, 0.2) is 29.2 Å². The van der Waals surface area contributed by atoms with Crippen LogP contribution in [0.4, 0.5) is 5.69 Å². The van der Waals surface area contributed by atoms with Crippen molar-refractivity contribution < 1.29 is 9.59 Å². The Bertz CT molecular complexity index is 817. The van der Waals surface area contributed by atoms with E-state index in [0.717, 1.165) is 0 Å². The standard InChI is InChI=1S/C14H9Cl4N3O2S/c15-9-10(16)12(21-13(18)11(9)17)14(23)20-6-3-1-2-4-7(6)24-5-8(19)22/h1-4H,5H2,(H2,19,22)(H,20,23). The Morgan fingerprint density at radius 3 is 2.42 bits per heavy atom. The number of primary amides is 1. The summed E-state index contributed by atoms with van der Waals surface area (Å²) in [5.74, 6) is -1.01. The van der Waals surface area contributed by atoms with Gasteiger partial charge >= 0.3 is 0 Å². The van der Waals surface area contributed by atoms with Crippen molar-refractivity contribution in [2.75, 3.05) is 11.1 Å². The van der Waals surface area contributed by atoms with E-state index in [0.29, 0.717) is 10.6 Å². The Balaban J connectivity index is 2.30. The van der Waals surface area contributed by atoms with Crippen LogP contribution in [0.3, 0.4) is 0 Å². The SMILES string of the molecule is NC(=O)CSc1ccccc1NC(=O)c1nc(Cl)c(Cl)c(Cl)c1Cl. The van der Waals surface area contributed by atoms with Gasteiger partial charge in [-0.1, -0.05) is 58.5 Å². The minimum Gasteiger partial charge on any atom is -0.369 e. The van der Waals surface area contributed by atoms with E-state index in [1.807, 2.05) is 0 Å². The van der Waals surface area contributed by atoms with Gasteiger partial charge in [-0.3, -0.25) is 9.59 Å². The molecule has 0 bridgehead atoms. The Labute approximate surface area is 161 Å². The first-order valence-electron chi connectivity index (χ1n) is 6.32. The number of pyridine rings is 1. The highest BCUT2D eigenvalue weighted by Gasteiger charge is 2.21. The second-order valence-corrected chi connectivity index (χ2v) is 6.91. The molecule has 0 atom stereocenters. The summed E-state index contributed by atoms with van der Waals surface area (Å²) in [7, 11) is 0. The molecule has 0 aliphatic rings. The fraction of sp³-hybridized carbons (Fsp3) is 0.0714. The monoisotopic (exact) mass is 423 g/mol. The molecule has 10 heteroatoms. The van der Waals surface area contributed by atoms with Gasteiger partial charge in [-0.15, -0.1) is 11.8 Å². The van der Waals surface area contributed by atoms with Crippen LogP contribution in [0, 0.1) is 0 Å². The molecule has 0 saturated carbocycles. The van der Waals surface area contributed by atoms with Gasteiger partial charge in [-0.25, -0.2) is 4.98 Å². The van der Waals surface area contributed by atoms with E-state index < -0.39 is 11.8 Å². The summed E-state index contributed by atoms with van der Waals surface area (Å²) in [6.07, 6.45) is 0. The van der Waals surface area contributed by atoms with Gasteiger partial charge < -0.3 is 11.1 Å². The van der Waals surface area contributed by atoms with E-state index in [2.05, 4.69) is 10.3 Å². The molecule has 0 unspecified atom stereocenters. The zero-order valence-corrected chi connectivity index (χ0v) is 15.6. The van der Waals surface area contributed by atoms with Gasteiger partial charge in [0.15, 0.2) is 0 Å². The van der Waals surface area contributed by atoms with Crippen LogP contribution in [0.1, 0.15) is 10.5 Å². The third-order valence-electron chi connectivity index (χ3n) is 2.70. The van der Waals surface area contributed by atoms with Crippen molar-refractivity contribution in [1.29, 1.82) is 0 Å². The third-order valence-corrected chi connectivity index (χ3v) is 5.48. The van der Waals surface area contributed by atoms with Crippen LogP contribution in [-0.2, 0) is 4.79 Å². The number of carbonyl (C=O) groups excluding carboxylic acids is 2. The molecule has 2 amide bonds. The smallest absolute Gasteiger partial charge is 0.275 e. The van der Waals surface area contributed by atoms with Crippen molar-refractivity contribution in [2.45, 2.75) is 4.90 Å². The molecule has 0 saturated heterocycles. The fourth-order valence-electron chi connectivity index (χ4n) is 1.66. The molecule has 3 N–H and O–H groups in total. The van der Waals surface area contributed by atoms with Gasteiger partial charge in [0.2, 0.25) is 5.91 Å². The highest BCUT2D eigenvalue weighted by molar-refractivity contribution is 8.00. The molecule has 24 heavy (non-hydrogen) atoms. The lowest BCUT2D eigenvalue weighted by Crippen LogP contribution is -2.16. The first-order chi connectivity index (χ1) is 11.3. The highest BCUT2D eigenvalue weighted by Crippen LogP contribution is 2.36. The summed E-state index contributed by atoms with van der Waals surface area (Å²) in [6, 6.07) is 6.88. The molecular weight excluding hydrogens is 416 g/mol. The number of benzene rings is 1. The average molecular weight is 425 g/mol. The number of halogens is 4. The largest absolute Gasteiger partial charge is 0.369 e. The fourth-order valence-corrected chi connectivity index (χ4v) is 3.22.